The summed E-state index contributed by atoms with van der Waals surface area (Å²) in [6.07, 6.45) is 8.58. The minimum Gasteiger partial charge on any atom is -0.265 e. The van der Waals surface area contributed by atoms with Gasteiger partial charge < -0.3 is 0 Å². The van der Waals surface area contributed by atoms with Gasteiger partial charge in [0.2, 0.25) is 0 Å². The van der Waals surface area contributed by atoms with E-state index in [2.05, 4.69) is 16.0 Å². The van der Waals surface area contributed by atoms with Crippen molar-refractivity contribution in [1.82, 2.24) is 9.97 Å². The average Bonchev–Trinajstić information content (AvgIpc) is 2.38. The predicted octanol–water partition coefficient (Wildman–Crippen LogP) is 2.54. The highest BCUT2D eigenvalue weighted by Crippen LogP contribution is 2.15. The van der Waals surface area contributed by atoms with Crippen molar-refractivity contribution in [2.75, 3.05) is 0 Å². The maximum Gasteiger partial charge on any atom is 0.0998 e. The Kier molecular flexibility index (Phi) is 3.05. The van der Waals surface area contributed by atoms with E-state index in [-0.39, 0.29) is 0 Å². The Balaban J connectivity index is 2.39. The van der Waals surface area contributed by atoms with Crippen molar-refractivity contribution in [3.05, 3.63) is 60.2 Å². The Morgan fingerprint density at radius 1 is 1.12 bits per heavy atom. The molecule has 0 aliphatic rings. The van der Waals surface area contributed by atoms with Gasteiger partial charge in [-0.05, 0) is 29.8 Å². The first kappa shape index (κ1) is 10.1. The fourth-order valence-corrected chi connectivity index (χ4v) is 1.33. The molecule has 0 aliphatic carbocycles. The fourth-order valence-electron chi connectivity index (χ4n) is 1.33. The van der Waals surface area contributed by atoms with Crippen molar-refractivity contribution in [2.45, 2.75) is 0 Å². The smallest absolute Gasteiger partial charge is 0.0998 e. The van der Waals surface area contributed by atoms with Crippen LogP contribution in [0.4, 0.5) is 0 Å². The maximum atomic E-state index is 9.08. The van der Waals surface area contributed by atoms with Crippen LogP contribution in [-0.4, -0.2) is 9.97 Å². The summed E-state index contributed by atoms with van der Waals surface area (Å²) in [6, 6.07) is 9.55. The van der Waals surface area contributed by atoms with E-state index in [9.17, 15) is 0 Å². The van der Waals surface area contributed by atoms with Crippen LogP contribution in [0.25, 0.3) is 11.6 Å². The summed E-state index contributed by atoms with van der Waals surface area (Å²) in [5.41, 5.74) is 2.37. The first-order valence-electron chi connectivity index (χ1n) is 4.82. The summed E-state index contributed by atoms with van der Waals surface area (Å²) in [6.45, 7) is 0. The minimum atomic E-state index is 0.597. The van der Waals surface area contributed by atoms with Crippen molar-refractivity contribution >= 4 is 11.6 Å². The molecular formula is C13H9N3. The van der Waals surface area contributed by atoms with E-state index in [4.69, 9.17) is 5.26 Å². The lowest BCUT2D eigenvalue weighted by molar-refractivity contribution is 1.31. The van der Waals surface area contributed by atoms with Crippen LogP contribution < -0.4 is 0 Å². The van der Waals surface area contributed by atoms with E-state index in [1.54, 1.807) is 24.8 Å². The third-order valence-electron chi connectivity index (χ3n) is 2.11. The van der Waals surface area contributed by atoms with E-state index in [1.165, 1.54) is 0 Å². The van der Waals surface area contributed by atoms with E-state index in [0.717, 1.165) is 11.1 Å². The molecule has 0 bridgehead atoms. The second kappa shape index (κ2) is 4.85. The molecule has 3 heteroatoms. The van der Waals surface area contributed by atoms with Crippen molar-refractivity contribution in [3.8, 4) is 6.07 Å². The summed E-state index contributed by atoms with van der Waals surface area (Å²) < 4.78 is 0. The third-order valence-corrected chi connectivity index (χ3v) is 2.11. The number of pyridine rings is 2. The van der Waals surface area contributed by atoms with Gasteiger partial charge >= 0.3 is 0 Å². The molecule has 0 unspecified atom stereocenters. The lowest BCUT2D eigenvalue weighted by Gasteiger charge is -1.97. The number of nitrogens with zero attached hydrogens (tertiary/aromatic N) is 3. The number of allylic oxidation sites excluding steroid dienone is 1. The first-order valence-corrected chi connectivity index (χ1v) is 4.82. The van der Waals surface area contributed by atoms with E-state index in [1.807, 2.05) is 30.3 Å². The third kappa shape index (κ3) is 2.31. The zero-order valence-electron chi connectivity index (χ0n) is 8.54. The largest absolute Gasteiger partial charge is 0.265 e. The van der Waals surface area contributed by atoms with Crippen molar-refractivity contribution in [3.63, 3.8) is 0 Å². The van der Waals surface area contributed by atoms with Crippen molar-refractivity contribution in [1.29, 1.82) is 5.26 Å². The Labute approximate surface area is 93.7 Å². The number of aromatic nitrogens is 2. The van der Waals surface area contributed by atoms with Crippen LogP contribution in [0.1, 0.15) is 11.1 Å². The summed E-state index contributed by atoms with van der Waals surface area (Å²) in [5.74, 6) is 0. The van der Waals surface area contributed by atoms with E-state index < -0.39 is 0 Å². The van der Waals surface area contributed by atoms with Crippen LogP contribution in [0.3, 0.4) is 0 Å². The zero-order chi connectivity index (χ0) is 11.2. The maximum absolute atomic E-state index is 9.08. The average molecular weight is 207 g/mol. The first-order chi connectivity index (χ1) is 7.90. The van der Waals surface area contributed by atoms with Crippen molar-refractivity contribution < 1.29 is 0 Å². The molecular weight excluding hydrogens is 198 g/mol. The fraction of sp³-hybridized carbons (Fsp3) is 0. The number of hydrogen-bond acceptors (Lipinski definition) is 3. The van der Waals surface area contributed by atoms with Crippen LogP contribution >= 0.6 is 0 Å². The van der Waals surface area contributed by atoms with Gasteiger partial charge in [0.1, 0.15) is 0 Å². The Morgan fingerprint density at radius 2 is 1.94 bits per heavy atom. The molecule has 0 saturated heterocycles. The highest BCUT2D eigenvalue weighted by atomic mass is 14.6. The Bertz CT molecular complexity index is 524. The molecule has 0 fully saturated rings. The SMILES string of the molecule is N#CC(=Cc1ccncc1)c1cccnc1. The lowest BCUT2D eigenvalue weighted by atomic mass is 10.1. The molecule has 0 aliphatic heterocycles. The van der Waals surface area contributed by atoms with Gasteiger partial charge in [-0.3, -0.25) is 9.97 Å². The van der Waals surface area contributed by atoms with Gasteiger partial charge in [0.25, 0.3) is 0 Å². The second-order valence-corrected chi connectivity index (χ2v) is 3.19. The summed E-state index contributed by atoms with van der Waals surface area (Å²) in [7, 11) is 0. The van der Waals surface area contributed by atoms with Gasteiger partial charge in [-0.25, -0.2) is 0 Å². The molecule has 3 nitrogen and oxygen atoms in total. The number of hydrogen-bond donors (Lipinski definition) is 0. The molecule has 76 valence electrons. The van der Waals surface area contributed by atoms with E-state index >= 15 is 0 Å². The molecule has 0 N–H and O–H groups in total. The molecule has 16 heavy (non-hydrogen) atoms. The van der Waals surface area contributed by atoms with Crippen LogP contribution in [-0.2, 0) is 0 Å². The predicted molar refractivity (Wildman–Crippen MR) is 62.0 cm³/mol. The number of rotatable bonds is 2. The van der Waals surface area contributed by atoms with Gasteiger partial charge in [-0.15, -0.1) is 0 Å². The van der Waals surface area contributed by atoms with Gasteiger partial charge in [-0.2, -0.15) is 5.26 Å². The second-order valence-electron chi connectivity index (χ2n) is 3.19. The summed E-state index contributed by atoms with van der Waals surface area (Å²) in [5, 5.41) is 9.08. The summed E-state index contributed by atoms with van der Waals surface area (Å²) >= 11 is 0. The van der Waals surface area contributed by atoms with Crippen LogP contribution in [0.2, 0.25) is 0 Å². The van der Waals surface area contributed by atoms with Gasteiger partial charge in [0, 0.05) is 30.4 Å². The molecule has 2 aromatic heterocycles. The minimum absolute atomic E-state index is 0.597. The molecule has 0 atom stereocenters. The van der Waals surface area contributed by atoms with Gasteiger partial charge in [0.05, 0.1) is 11.6 Å². The quantitative estimate of drug-likeness (QED) is 0.711. The number of nitriles is 1. The molecule has 2 heterocycles. The molecule has 0 radical (unpaired) electrons. The monoisotopic (exact) mass is 207 g/mol. The Morgan fingerprint density at radius 3 is 2.56 bits per heavy atom. The van der Waals surface area contributed by atoms with Crippen LogP contribution in [0, 0.1) is 11.3 Å². The van der Waals surface area contributed by atoms with E-state index in [0.29, 0.717) is 5.57 Å². The molecule has 2 aromatic rings. The molecule has 0 spiro atoms. The van der Waals surface area contributed by atoms with Crippen LogP contribution in [0.15, 0.2) is 49.1 Å². The summed E-state index contributed by atoms with van der Waals surface area (Å²) in [4.78, 5) is 7.92. The van der Waals surface area contributed by atoms with Crippen LogP contribution in [0.5, 0.6) is 0 Å². The van der Waals surface area contributed by atoms with Crippen molar-refractivity contribution in [2.24, 2.45) is 0 Å². The standard InChI is InChI=1S/C13H9N3/c14-9-13(12-2-1-5-16-10-12)8-11-3-6-15-7-4-11/h1-8,10H. The molecule has 0 amide bonds. The molecule has 2 rings (SSSR count). The topological polar surface area (TPSA) is 49.6 Å². The highest BCUT2D eigenvalue weighted by molar-refractivity contribution is 5.89. The Hall–Kier alpha value is -2.47. The zero-order valence-corrected chi connectivity index (χ0v) is 8.54. The molecule has 0 aromatic carbocycles. The molecule has 0 saturated carbocycles. The van der Waals surface area contributed by atoms with Gasteiger partial charge in [0.15, 0.2) is 0 Å². The lowest BCUT2D eigenvalue weighted by Crippen LogP contribution is -1.83. The highest BCUT2D eigenvalue weighted by Gasteiger charge is 1.99. The van der Waals surface area contributed by atoms with Gasteiger partial charge in [-0.1, -0.05) is 6.07 Å². The normalized spacial score (nSPS) is 10.8.